The van der Waals surface area contributed by atoms with Gasteiger partial charge in [-0.05, 0) is 19.1 Å². The van der Waals surface area contributed by atoms with Gasteiger partial charge in [0, 0.05) is 24.8 Å². The van der Waals surface area contributed by atoms with Gasteiger partial charge in [0.2, 0.25) is 5.91 Å². The highest BCUT2D eigenvalue weighted by molar-refractivity contribution is 5.96. The van der Waals surface area contributed by atoms with Crippen molar-refractivity contribution in [3.63, 3.8) is 0 Å². The summed E-state index contributed by atoms with van der Waals surface area (Å²) in [5.41, 5.74) is 0.309. The van der Waals surface area contributed by atoms with Crippen LogP contribution in [0.3, 0.4) is 0 Å². The number of pyridine rings is 1. The molecule has 0 bridgehead atoms. The first-order valence-corrected chi connectivity index (χ1v) is 9.78. The fraction of sp³-hybridized carbons (Fsp3) is 0.474. The Labute approximate surface area is 179 Å². The van der Waals surface area contributed by atoms with Crippen LogP contribution in [0.4, 0.5) is 38.1 Å². The molecule has 2 aliphatic heterocycles. The number of alkyl halides is 5. The van der Waals surface area contributed by atoms with Crippen molar-refractivity contribution in [2.75, 3.05) is 16.8 Å². The zero-order valence-corrected chi connectivity index (χ0v) is 16.8. The van der Waals surface area contributed by atoms with Crippen LogP contribution in [0.2, 0.25) is 0 Å². The number of fused-ring (bicyclic) bond motifs is 1. The lowest BCUT2D eigenvalue weighted by atomic mass is 10.1. The van der Waals surface area contributed by atoms with Crippen LogP contribution < -0.4 is 10.2 Å². The lowest BCUT2D eigenvalue weighted by Crippen LogP contribution is -2.47. The number of anilines is 2. The van der Waals surface area contributed by atoms with E-state index < -0.39 is 49.1 Å². The molecule has 0 spiro atoms. The molecular formula is C19H19F5N6O2. The molecule has 2 aliphatic rings. The van der Waals surface area contributed by atoms with E-state index in [0.29, 0.717) is 5.69 Å². The second-order valence-corrected chi connectivity index (χ2v) is 7.78. The highest BCUT2D eigenvalue weighted by atomic mass is 19.4. The van der Waals surface area contributed by atoms with Crippen LogP contribution in [0.15, 0.2) is 24.5 Å². The van der Waals surface area contributed by atoms with Gasteiger partial charge in [-0.15, -0.1) is 0 Å². The third-order valence-corrected chi connectivity index (χ3v) is 5.61. The molecular weight excluding hydrogens is 439 g/mol. The van der Waals surface area contributed by atoms with Crippen molar-refractivity contribution in [1.82, 2.24) is 19.7 Å². The summed E-state index contributed by atoms with van der Waals surface area (Å²) in [4.78, 5) is 31.1. The maximum atomic E-state index is 13.1. The van der Waals surface area contributed by atoms with Crippen LogP contribution in [0, 0.1) is 5.92 Å². The molecule has 0 radical (unpaired) electrons. The SMILES string of the molecule is CC1Cn2ncc(N3CC(C(F)(F)F)CC3=O)c2CN1C(=O)Nc1ccnc(C(F)F)c1. The van der Waals surface area contributed by atoms with Crippen LogP contribution in [0.1, 0.15) is 31.2 Å². The normalized spacial score (nSPS) is 21.3. The Morgan fingerprint density at radius 1 is 1.28 bits per heavy atom. The summed E-state index contributed by atoms with van der Waals surface area (Å²) in [5.74, 6) is -2.42. The molecule has 2 aromatic rings. The fourth-order valence-electron chi connectivity index (χ4n) is 3.88. The van der Waals surface area contributed by atoms with E-state index in [4.69, 9.17) is 0 Å². The van der Waals surface area contributed by atoms with Crippen LogP contribution >= 0.6 is 0 Å². The number of carbonyl (C=O) groups excluding carboxylic acids is 2. The van der Waals surface area contributed by atoms with E-state index in [1.807, 2.05) is 0 Å². The standard InChI is InChI=1S/C19H19F5N6O2/c1-10-7-30-15(14(6-26-30)29-8-11(4-16(29)31)19(22,23)24)9-28(10)18(32)27-12-2-3-25-13(5-12)17(20)21/h2-3,5-6,10-11,17H,4,7-9H2,1H3,(H,25,27,32). The molecule has 0 saturated carbocycles. The number of rotatable bonds is 3. The lowest BCUT2D eigenvalue weighted by molar-refractivity contribution is -0.169. The first-order chi connectivity index (χ1) is 15.0. The van der Waals surface area contributed by atoms with Gasteiger partial charge in [0.1, 0.15) is 5.69 Å². The number of carbonyl (C=O) groups is 2. The van der Waals surface area contributed by atoms with E-state index in [1.54, 1.807) is 11.6 Å². The van der Waals surface area contributed by atoms with Crippen molar-refractivity contribution >= 4 is 23.3 Å². The minimum Gasteiger partial charge on any atom is -0.314 e. The van der Waals surface area contributed by atoms with Gasteiger partial charge >= 0.3 is 12.2 Å². The Bertz CT molecular complexity index is 1040. The summed E-state index contributed by atoms with van der Waals surface area (Å²) in [6.45, 7) is 1.49. The summed E-state index contributed by atoms with van der Waals surface area (Å²) in [5, 5.41) is 6.71. The van der Waals surface area contributed by atoms with Gasteiger partial charge in [0.25, 0.3) is 6.43 Å². The predicted octanol–water partition coefficient (Wildman–Crippen LogP) is 3.57. The molecule has 4 heterocycles. The maximum Gasteiger partial charge on any atom is 0.394 e. The molecule has 2 aromatic heterocycles. The third-order valence-electron chi connectivity index (χ3n) is 5.61. The molecule has 2 atom stereocenters. The van der Waals surface area contributed by atoms with Crippen molar-refractivity contribution in [2.45, 2.75) is 45.1 Å². The van der Waals surface area contributed by atoms with Crippen molar-refractivity contribution in [3.05, 3.63) is 35.9 Å². The number of urea groups is 1. The van der Waals surface area contributed by atoms with Crippen molar-refractivity contribution in [1.29, 1.82) is 0 Å². The minimum atomic E-state index is -4.49. The average Bonchev–Trinajstić information content (AvgIpc) is 3.30. The van der Waals surface area contributed by atoms with E-state index in [-0.39, 0.29) is 30.5 Å². The van der Waals surface area contributed by atoms with Gasteiger partial charge in [-0.3, -0.25) is 14.5 Å². The summed E-state index contributed by atoms with van der Waals surface area (Å²) < 4.78 is 66.5. The number of nitrogens with one attached hydrogen (secondary N) is 1. The second kappa shape index (κ2) is 8.02. The zero-order valence-electron chi connectivity index (χ0n) is 16.8. The molecule has 8 nitrogen and oxygen atoms in total. The van der Waals surface area contributed by atoms with Gasteiger partial charge in [-0.25, -0.2) is 13.6 Å². The van der Waals surface area contributed by atoms with Crippen molar-refractivity contribution in [2.24, 2.45) is 5.92 Å². The Hall–Kier alpha value is -3.25. The molecule has 3 amide bonds. The predicted molar refractivity (Wildman–Crippen MR) is 102 cm³/mol. The molecule has 0 aromatic carbocycles. The number of hydrogen-bond donors (Lipinski definition) is 1. The van der Waals surface area contributed by atoms with Gasteiger partial charge in [-0.2, -0.15) is 18.3 Å². The van der Waals surface area contributed by atoms with Crippen LogP contribution in [-0.2, 0) is 17.9 Å². The number of aromatic nitrogens is 3. The maximum absolute atomic E-state index is 13.1. The van der Waals surface area contributed by atoms with Crippen LogP contribution in [0.5, 0.6) is 0 Å². The minimum absolute atomic E-state index is 0.0183. The molecule has 13 heteroatoms. The Kier molecular flexibility index (Phi) is 5.51. The summed E-state index contributed by atoms with van der Waals surface area (Å²) >= 11 is 0. The number of amides is 3. The fourth-order valence-corrected chi connectivity index (χ4v) is 3.88. The molecule has 0 aliphatic carbocycles. The lowest BCUT2D eigenvalue weighted by Gasteiger charge is -2.35. The van der Waals surface area contributed by atoms with E-state index >= 15 is 0 Å². The summed E-state index contributed by atoms with van der Waals surface area (Å²) in [7, 11) is 0. The Balaban J connectivity index is 1.53. The number of nitrogens with zero attached hydrogens (tertiary/aromatic N) is 5. The van der Waals surface area contributed by atoms with Gasteiger partial charge in [0.15, 0.2) is 0 Å². The number of halogens is 5. The molecule has 1 N–H and O–H groups in total. The van der Waals surface area contributed by atoms with Crippen LogP contribution in [0.25, 0.3) is 0 Å². The molecule has 1 saturated heterocycles. The topological polar surface area (TPSA) is 83.4 Å². The molecule has 32 heavy (non-hydrogen) atoms. The summed E-state index contributed by atoms with van der Waals surface area (Å²) in [6, 6.07) is 1.51. The highest BCUT2D eigenvalue weighted by Gasteiger charge is 2.48. The van der Waals surface area contributed by atoms with Crippen LogP contribution in [-0.4, -0.2) is 50.4 Å². The second-order valence-electron chi connectivity index (χ2n) is 7.78. The monoisotopic (exact) mass is 458 g/mol. The van der Waals surface area contributed by atoms with Gasteiger partial charge in [-0.1, -0.05) is 0 Å². The molecule has 1 fully saturated rings. The van der Waals surface area contributed by atoms with E-state index in [9.17, 15) is 31.5 Å². The molecule has 4 rings (SSSR count). The van der Waals surface area contributed by atoms with E-state index in [1.165, 1.54) is 17.2 Å². The smallest absolute Gasteiger partial charge is 0.314 e. The average molecular weight is 458 g/mol. The third kappa shape index (κ3) is 4.10. The number of hydrogen-bond acceptors (Lipinski definition) is 4. The van der Waals surface area contributed by atoms with E-state index in [0.717, 1.165) is 17.2 Å². The molecule has 172 valence electrons. The largest absolute Gasteiger partial charge is 0.394 e. The Morgan fingerprint density at radius 2 is 2.03 bits per heavy atom. The van der Waals surface area contributed by atoms with E-state index in [2.05, 4.69) is 15.4 Å². The molecule has 2 unspecified atom stereocenters. The Morgan fingerprint density at radius 3 is 2.69 bits per heavy atom. The highest BCUT2D eigenvalue weighted by Crippen LogP contribution is 2.38. The first kappa shape index (κ1) is 22.0. The first-order valence-electron chi connectivity index (χ1n) is 9.78. The van der Waals surface area contributed by atoms with Gasteiger partial charge in [0.05, 0.1) is 42.6 Å². The van der Waals surface area contributed by atoms with Crippen molar-refractivity contribution < 1.29 is 31.5 Å². The van der Waals surface area contributed by atoms with Gasteiger partial charge < -0.3 is 15.1 Å². The quantitative estimate of drug-likeness (QED) is 0.713. The zero-order chi connectivity index (χ0) is 23.2. The summed E-state index contributed by atoms with van der Waals surface area (Å²) in [6.07, 6.45) is -5.43. The van der Waals surface area contributed by atoms with Crippen molar-refractivity contribution in [3.8, 4) is 0 Å².